The fourth-order valence-electron chi connectivity index (χ4n) is 2.30. The topological polar surface area (TPSA) is 122 Å². The van der Waals surface area contributed by atoms with E-state index in [9.17, 15) is 19.5 Å². The molecule has 0 aromatic rings. The maximum atomic E-state index is 11.6. The molecule has 0 aromatic heterocycles. The van der Waals surface area contributed by atoms with Gasteiger partial charge in [0.1, 0.15) is 12.1 Å². The van der Waals surface area contributed by atoms with Crippen LogP contribution in [0.2, 0.25) is 0 Å². The summed E-state index contributed by atoms with van der Waals surface area (Å²) in [6.07, 6.45) is 4.66. The zero-order chi connectivity index (χ0) is 14.4. The first kappa shape index (κ1) is 15.3. The van der Waals surface area contributed by atoms with Gasteiger partial charge in [-0.3, -0.25) is 4.79 Å². The number of nitrogens with one attached hydrogen (secondary N) is 2. The van der Waals surface area contributed by atoms with E-state index in [0.717, 1.165) is 32.1 Å². The Morgan fingerprint density at radius 3 is 2.21 bits per heavy atom. The number of carboxylic acid groups (broad SMARTS) is 1. The summed E-state index contributed by atoms with van der Waals surface area (Å²) in [5.41, 5.74) is 5.02. The van der Waals surface area contributed by atoms with Crippen molar-refractivity contribution in [1.82, 2.24) is 10.6 Å². The average Bonchev–Trinajstić information content (AvgIpc) is 2.36. The van der Waals surface area contributed by atoms with E-state index in [4.69, 9.17) is 5.73 Å². The second-order valence-electron chi connectivity index (χ2n) is 4.96. The largest absolute Gasteiger partial charge is 0.480 e. The molecule has 0 aromatic carbocycles. The molecule has 3 amide bonds. The molecule has 1 saturated carbocycles. The van der Waals surface area contributed by atoms with Gasteiger partial charge in [-0.2, -0.15) is 0 Å². The molecule has 19 heavy (non-hydrogen) atoms. The lowest BCUT2D eigenvalue weighted by Crippen LogP contribution is -2.53. The van der Waals surface area contributed by atoms with E-state index in [2.05, 4.69) is 10.6 Å². The third-order valence-electron chi connectivity index (χ3n) is 3.45. The minimum atomic E-state index is -1.05. The molecule has 108 valence electrons. The minimum Gasteiger partial charge on any atom is -0.480 e. The quantitative estimate of drug-likeness (QED) is 0.570. The van der Waals surface area contributed by atoms with Gasteiger partial charge in [-0.25, -0.2) is 9.59 Å². The van der Waals surface area contributed by atoms with E-state index >= 15 is 0 Å². The van der Waals surface area contributed by atoms with E-state index in [-0.39, 0.29) is 5.92 Å². The number of nitrogens with two attached hydrogens (primary N) is 1. The molecular weight excluding hydrogens is 250 g/mol. The third kappa shape index (κ3) is 4.76. The Labute approximate surface area is 111 Å². The highest BCUT2D eigenvalue weighted by Crippen LogP contribution is 2.26. The second-order valence-corrected chi connectivity index (χ2v) is 4.96. The standard InChI is InChI=1S/C12H21N3O4/c1-7(10(13)16)14-12(19)15-9(11(17)18)8-5-3-2-4-6-8/h7-9H,2-6H2,1H3,(H2,13,16)(H,17,18)(H2,14,15,19). The Kier molecular flexibility index (Phi) is 5.59. The van der Waals surface area contributed by atoms with E-state index in [1.54, 1.807) is 0 Å². The van der Waals surface area contributed by atoms with E-state index < -0.39 is 30.0 Å². The summed E-state index contributed by atoms with van der Waals surface area (Å²) in [6.45, 7) is 1.44. The molecule has 0 aliphatic heterocycles. The summed E-state index contributed by atoms with van der Waals surface area (Å²) in [4.78, 5) is 33.7. The molecule has 1 aliphatic carbocycles. The smallest absolute Gasteiger partial charge is 0.326 e. The fourth-order valence-corrected chi connectivity index (χ4v) is 2.30. The summed E-state index contributed by atoms with van der Waals surface area (Å²) in [6, 6.07) is -2.43. The van der Waals surface area contributed by atoms with Gasteiger partial charge < -0.3 is 21.5 Å². The molecule has 1 aliphatic rings. The lowest BCUT2D eigenvalue weighted by Gasteiger charge is -2.28. The first-order valence-electron chi connectivity index (χ1n) is 6.51. The Morgan fingerprint density at radius 1 is 1.16 bits per heavy atom. The minimum absolute atomic E-state index is 0.0547. The summed E-state index contributed by atoms with van der Waals surface area (Å²) in [5, 5.41) is 13.9. The molecule has 1 rings (SSSR count). The van der Waals surface area contributed by atoms with Gasteiger partial charge in [0, 0.05) is 0 Å². The number of urea groups is 1. The van der Waals surface area contributed by atoms with Gasteiger partial charge in [-0.1, -0.05) is 19.3 Å². The predicted octanol–water partition coefficient (Wildman–Crippen LogP) is 0.193. The normalized spacial score (nSPS) is 19.2. The maximum absolute atomic E-state index is 11.6. The highest BCUT2D eigenvalue weighted by atomic mass is 16.4. The molecule has 5 N–H and O–H groups in total. The third-order valence-corrected chi connectivity index (χ3v) is 3.45. The lowest BCUT2D eigenvalue weighted by atomic mass is 9.84. The first-order valence-corrected chi connectivity index (χ1v) is 6.51. The Morgan fingerprint density at radius 2 is 1.74 bits per heavy atom. The van der Waals surface area contributed by atoms with Crippen LogP contribution in [0.15, 0.2) is 0 Å². The number of hydrogen-bond donors (Lipinski definition) is 4. The van der Waals surface area contributed by atoms with Crippen LogP contribution < -0.4 is 16.4 Å². The highest BCUT2D eigenvalue weighted by Gasteiger charge is 2.31. The molecule has 0 spiro atoms. The number of rotatable bonds is 5. The Hall–Kier alpha value is -1.79. The molecule has 7 heteroatoms. The highest BCUT2D eigenvalue weighted by molar-refractivity contribution is 5.87. The van der Waals surface area contributed by atoms with Crippen LogP contribution in [0.4, 0.5) is 4.79 Å². The zero-order valence-electron chi connectivity index (χ0n) is 11.0. The van der Waals surface area contributed by atoms with E-state index in [0.29, 0.717) is 0 Å². The van der Waals surface area contributed by atoms with Crippen molar-refractivity contribution in [3.8, 4) is 0 Å². The van der Waals surface area contributed by atoms with Gasteiger partial charge in [0.25, 0.3) is 0 Å². The zero-order valence-corrected chi connectivity index (χ0v) is 11.0. The van der Waals surface area contributed by atoms with Crippen LogP contribution in [0.1, 0.15) is 39.0 Å². The van der Waals surface area contributed by atoms with Crippen molar-refractivity contribution in [2.75, 3.05) is 0 Å². The van der Waals surface area contributed by atoms with Crippen molar-refractivity contribution in [3.05, 3.63) is 0 Å². The molecule has 0 radical (unpaired) electrons. The predicted molar refractivity (Wildman–Crippen MR) is 68.3 cm³/mol. The molecule has 2 atom stereocenters. The lowest BCUT2D eigenvalue weighted by molar-refractivity contribution is -0.141. The summed E-state index contributed by atoms with van der Waals surface area (Å²) < 4.78 is 0. The SMILES string of the molecule is CC(NC(=O)NC(C(=O)O)C1CCCCC1)C(N)=O. The number of carbonyl (C=O) groups excluding carboxylic acids is 2. The first-order chi connectivity index (χ1) is 8.91. The number of primary amides is 1. The van der Waals surface area contributed by atoms with Gasteiger partial charge >= 0.3 is 12.0 Å². The van der Waals surface area contributed by atoms with Crippen LogP contribution in [0.5, 0.6) is 0 Å². The van der Waals surface area contributed by atoms with Crippen molar-refractivity contribution in [1.29, 1.82) is 0 Å². The van der Waals surface area contributed by atoms with Crippen molar-refractivity contribution >= 4 is 17.9 Å². The van der Waals surface area contributed by atoms with Crippen LogP contribution in [-0.2, 0) is 9.59 Å². The van der Waals surface area contributed by atoms with Crippen LogP contribution in [0.3, 0.4) is 0 Å². The number of carbonyl (C=O) groups is 3. The van der Waals surface area contributed by atoms with E-state index in [1.807, 2.05) is 0 Å². The van der Waals surface area contributed by atoms with Gasteiger partial charge in [0.2, 0.25) is 5.91 Å². The molecule has 7 nitrogen and oxygen atoms in total. The van der Waals surface area contributed by atoms with Crippen LogP contribution in [0.25, 0.3) is 0 Å². The van der Waals surface area contributed by atoms with Crippen molar-refractivity contribution in [2.24, 2.45) is 11.7 Å². The van der Waals surface area contributed by atoms with Crippen LogP contribution >= 0.6 is 0 Å². The average molecular weight is 271 g/mol. The summed E-state index contributed by atoms with van der Waals surface area (Å²) in [7, 11) is 0. The molecule has 0 saturated heterocycles. The Bertz CT molecular complexity index is 353. The van der Waals surface area contributed by atoms with Crippen LogP contribution in [-0.4, -0.2) is 35.1 Å². The van der Waals surface area contributed by atoms with Crippen molar-refractivity contribution < 1.29 is 19.5 Å². The van der Waals surface area contributed by atoms with Gasteiger partial charge in [-0.05, 0) is 25.7 Å². The van der Waals surface area contributed by atoms with Gasteiger partial charge in [0.05, 0.1) is 0 Å². The number of hydrogen-bond acceptors (Lipinski definition) is 3. The van der Waals surface area contributed by atoms with E-state index in [1.165, 1.54) is 6.92 Å². The fraction of sp³-hybridized carbons (Fsp3) is 0.750. The molecular formula is C12H21N3O4. The second kappa shape index (κ2) is 6.96. The van der Waals surface area contributed by atoms with Gasteiger partial charge in [-0.15, -0.1) is 0 Å². The number of amides is 3. The summed E-state index contributed by atoms with van der Waals surface area (Å²) >= 11 is 0. The summed E-state index contributed by atoms with van der Waals surface area (Å²) in [5.74, 6) is -1.77. The van der Waals surface area contributed by atoms with Crippen LogP contribution in [0, 0.1) is 5.92 Å². The monoisotopic (exact) mass is 271 g/mol. The molecule has 2 unspecified atom stereocenters. The number of aliphatic carboxylic acids is 1. The van der Waals surface area contributed by atoms with Crippen molar-refractivity contribution in [3.63, 3.8) is 0 Å². The molecule has 0 bridgehead atoms. The molecule has 1 fully saturated rings. The maximum Gasteiger partial charge on any atom is 0.326 e. The Balaban J connectivity index is 2.55. The number of carboxylic acids is 1. The van der Waals surface area contributed by atoms with Gasteiger partial charge in [0.15, 0.2) is 0 Å². The van der Waals surface area contributed by atoms with Crippen molar-refractivity contribution in [2.45, 2.75) is 51.1 Å². The molecule has 0 heterocycles.